The molecule has 0 spiro atoms. The first-order valence-electron chi connectivity index (χ1n) is 10.5. The van der Waals surface area contributed by atoms with Crippen LogP contribution in [0.4, 0.5) is 0 Å². The van der Waals surface area contributed by atoms with Crippen LogP contribution in [-0.4, -0.2) is 58.3 Å². The predicted molar refractivity (Wildman–Crippen MR) is 114 cm³/mol. The smallest absolute Gasteiger partial charge is 0.325 e. The summed E-state index contributed by atoms with van der Waals surface area (Å²) < 4.78 is 20.6. The third-order valence-corrected chi connectivity index (χ3v) is 5.15. The van der Waals surface area contributed by atoms with Crippen LogP contribution in [0.15, 0.2) is 12.1 Å². The minimum Gasteiger partial charge on any atom is -0.493 e. The molecule has 0 saturated heterocycles. The minimum atomic E-state index is -0.700. The number of hydrogen-bond acceptors (Lipinski definition) is 7. The number of carbonyl (C=O) groups is 3. The van der Waals surface area contributed by atoms with Gasteiger partial charge in [-0.1, -0.05) is 32.1 Å². The van der Waals surface area contributed by atoms with E-state index < -0.39 is 11.9 Å². The van der Waals surface area contributed by atoms with E-state index in [0.717, 1.165) is 25.7 Å². The van der Waals surface area contributed by atoms with Crippen molar-refractivity contribution in [3.05, 3.63) is 17.7 Å². The number of esters is 1. The van der Waals surface area contributed by atoms with Crippen LogP contribution in [0, 0.1) is 0 Å². The molecule has 1 saturated carbocycles. The van der Waals surface area contributed by atoms with Gasteiger partial charge in [0.05, 0.1) is 21.3 Å². The van der Waals surface area contributed by atoms with Crippen molar-refractivity contribution in [2.24, 2.45) is 0 Å². The van der Waals surface area contributed by atoms with E-state index in [2.05, 4.69) is 10.6 Å². The van der Waals surface area contributed by atoms with Crippen LogP contribution >= 0.6 is 0 Å². The zero-order valence-corrected chi connectivity index (χ0v) is 18.5. The van der Waals surface area contributed by atoms with Gasteiger partial charge in [0.25, 0.3) is 11.8 Å². The molecule has 0 heterocycles. The first-order chi connectivity index (χ1) is 15.0. The monoisotopic (exact) mass is 436 g/mol. The van der Waals surface area contributed by atoms with Gasteiger partial charge in [-0.15, -0.1) is 0 Å². The van der Waals surface area contributed by atoms with Crippen LogP contribution < -0.4 is 24.8 Å². The van der Waals surface area contributed by atoms with Crippen LogP contribution in [0.3, 0.4) is 0 Å². The number of hydrogen-bond donors (Lipinski definition) is 2. The molecule has 1 aliphatic rings. The van der Waals surface area contributed by atoms with Crippen molar-refractivity contribution in [1.29, 1.82) is 0 Å². The van der Waals surface area contributed by atoms with Crippen LogP contribution in [0.1, 0.15) is 55.3 Å². The van der Waals surface area contributed by atoms with Gasteiger partial charge in [-0.25, -0.2) is 0 Å². The number of benzene rings is 1. The van der Waals surface area contributed by atoms with E-state index in [1.54, 1.807) is 0 Å². The maximum absolute atomic E-state index is 12.4. The van der Waals surface area contributed by atoms with Crippen LogP contribution in [0.5, 0.6) is 17.2 Å². The first-order valence-corrected chi connectivity index (χ1v) is 10.5. The van der Waals surface area contributed by atoms with Gasteiger partial charge >= 0.3 is 5.97 Å². The van der Waals surface area contributed by atoms with E-state index in [-0.39, 0.29) is 30.7 Å². The molecule has 31 heavy (non-hydrogen) atoms. The average molecular weight is 437 g/mol. The molecule has 9 nitrogen and oxygen atoms in total. The van der Waals surface area contributed by atoms with Gasteiger partial charge in [0.15, 0.2) is 18.1 Å². The van der Waals surface area contributed by atoms with E-state index >= 15 is 0 Å². The van der Waals surface area contributed by atoms with E-state index in [9.17, 15) is 14.4 Å². The Kier molecular flexibility index (Phi) is 9.93. The number of amides is 2. The highest BCUT2D eigenvalue weighted by atomic mass is 16.5. The van der Waals surface area contributed by atoms with E-state index in [1.807, 2.05) is 0 Å². The molecule has 1 aromatic rings. The molecule has 2 amide bonds. The second-order valence-corrected chi connectivity index (χ2v) is 7.37. The molecule has 2 rings (SSSR count). The lowest BCUT2D eigenvalue weighted by Gasteiger charge is -2.20. The van der Waals surface area contributed by atoms with Crippen molar-refractivity contribution >= 4 is 17.8 Å². The van der Waals surface area contributed by atoms with Gasteiger partial charge in [-0.3, -0.25) is 14.4 Å². The quantitative estimate of drug-likeness (QED) is 0.571. The van der Waals surface area contributed by atoms with Crippen molar-refractivity contribution in [3.63, 3.8) is 0 Å². The van der Waals surface area contributed by atoms with Crippen molar-refractivity contribution in [3.8, 4) is 17.2 Å². The fourth-order valence-electron chi connectivity index (χ4n) is 3.53. The summed E-state index contributed by atoms with van der Waals surface area (Å²) in [5, 5.41) is 5.39. The lowest BCUT2D eigenvalue weighted by molar-refractivity contribution is -0.147. The largest absolute Gasteiger partial charge is 0.493 e. The summed E-state index contributed by atoms with van der Waals surface area (Å²) >= 11 is 0. The van der Waals surface area contributed by atoms with Crippen LogP contribution in [0.2, 0.25) is 0 Å². The first kappa shape index (κ1) is 24.3. The third-order valence-electron chi connectivity index (χ3n) is 5.15. The van der Waals surface area contributed by atoms with Crippen molar-refractivity contribution in [2.75, 3.05) is 34.5 Å². The summed E-state index contributed by atoms with van der Waals surface area (Å²) in [5.74, 6) is -0.546. The summed E-state index contributed by atoms with van der Waals surface area (Å²) in [4.78, 5) is 36.4. The van der Waals surface area contributed by atoms with Gasteiger partial charge in [0, 0.05) is 11.6 Å². The van der Waals surface area contributed by atoms with Gasteiger partial charge in [0.2, 0.25) is 5.75 Å². The predicted octanol–water partition coefficient (Wildman–Crippen LogP) is 2.21. The Bertz CT molecular complexity index is 733. The Balaban J connectivity index is 1.80. The summed E-state index contributed by atoms with van der Waals surface area (Å²) in [6, 6.07) is 3.08. The Labute approximate surface area is 182 Å². The summed E-state index contributed by atoms with van der Waals surface area (Å²) in [7, 11) is 4.35. The van der Waals surface area contributed by atoms with Crippen LogP contribution in [-0.2, 0) is 14.3 Å². The highest BCUT2D eigenvalue weighted by Crippen LogP contribution is 2.38. The second kappa shape index (κ2) is 12.7. The Morgan fingerprint density at radius 3 is 2.03 bits per heavy atom. The molecule has 0 atom stereocenters. The van der Waals surface area contributed by atoms with Gasteiger partial charge in [-0.2, -0.15) is 0 Å². The molecule has 0 unspecified atom stereocenters. The fourth-order valence-corrected chi connectivity index (χ4v) is 3.53. The second-order valence-electron chi connectivity index (χ2n) is 7.37. The van der Waals surface area contributed by atoms with Gasteiger partial charge in [-0.05, 0) is 25.0 Å². The average Bonchev–Trinajstić information content (AvgIpc) is 2.76. The molecule has 9 heteroatoms. The summed E-state index contributed by atoms with van der Waals surface area (Å²) in [6.07, 6.45) is 7.71. The molecule has 1 aliphatic carbocycles. The van der Waals surface area contributed by atoms with Crippen molar-refractivity contribution < 1.29 is 33.3 Å². The Morgan fingerprint density at radius 1 is 0.903 bits per heavy atom. The zero-order chi connectivity index (χ0) is 22.6. The lowest BCUT2D eigenvalue weighted by Crippen LogP contribution is -2.39. The van der Waals surface area contributed by atoms with Crippen molar-refractivity contribution in [1.82, 2.24) is 10.6 Å². The SMILES string of the molecule is COc1cc(C(=O)NCC(=O)OCC(=O)NC2CCCCCCC2)cc(OC)c1OC. The summed E-state index contributed by atoms with van der Waals surface area (Å²) in [5.41, 5.74) is 0.226. The molecular formula is C22H32N2O7. The van der Waals surface area contributed by atoms with E-state index in [1.165, 1.54) is 52.7 Å². The van der Waals surface area contributed by atoms with Crippen molar-refractivity contribution in [2.45, 2.75) is 51.0 Å². The third kappa shape index (κ3) is 7.66. The number of ether oxygens (including phenoxy) is 4. The fraction of sp³-hybridized carbons (Fsp3) is 0.591. The maximum Gasteiger partial charge on any atom is 0.325 e. The molecule has 0 radical (unpaired) electrons. The molecule has 1 fully saturated rings. The highest BCUT2D eigenvalue weighted by molar-refractivity contribution is 5.97. The number of rotatable bonds is 9. The maximum atomic E-state index is 12.4. The highest BCUT2D eigenvalue weighted by Gasteiger charge is 2.19. The Morgan fingerprint density at radius 2 is 1.48 bits per heavy atom. The van der Waals surface area contributed by atoms with Gasteiger partial charge in [0.1, 0.15) is 6.54 Å². The van der Waals surface area contributed by atoms with E-state index in [4.69, 9.17) is 18.9 Å². The van der Waals surface area contributed by atoms with Gasteiger partial charge < -0.3 is 29.6 Å². The minimum absolute atomic E-state index is 0.131. The lowest BCUT2D eigenvalue weighted by atomic mass is 9.97. The molecule has 0 aromatic heterocycles. The topological polar surface area (TPSA) is 112 Å². The summed E-state index contributed by atoms with van der Waals surface area (Å²) in [6.45, 7) is -0.735. The number of methoxy groups -OCH3 is 3. The standard InChI is InChI=1S/C22H32N2O7/c1-28-17-11-15(12-18(29-2)21(17)30-3)22(27)23-13-20(26)31-14-19(25)24-16-9-7-5-4-6-8-10-16/h11-12,16H,4-10,13-14H2,1-3H3,(H,23,27)(H,24,25). The molecule has 0 bridgehead atoms. The molecule has 1 aromatic carbocycles. The molecule has 0 aliphatic heterocycles. The number of carbonyl (C=O) groups excluding carboxylic acids is 3. The zero-order valence-electron chi connectivity index (χ0n) is 18.5. The number of nitrogens with one attached hydrogen (secondary N) is 2. The Hall–Kier alpha value is -2.97. The van der Waals surface area contributed by atoms with E-state index in [0.29, 0.717) is 17.2 Å². The molecule has 172 valence electrons. The molecular weight excluding hydrogens is 404 g/mol. The molecule has 2 N–H and O–H groups in total. The van der Waals surface area contributed by atoms with Crippen LogP contribution in [0.25, 0.3) is 0 Å². The normalized spacial score (nSPS) is 14.5.